The molecule has 0 bridgehead atoms. The van der Waals surface area contributed by atoms with Gasteiger partial charge in [-0.15, -0.1) is 0 Å². The molecule has 0 spiro atoms. The zero-order valence-corrected chi connectivity index (χ0v) is 13.1. The van der Waals surface area contributed by atoms with Gasteiger partial charge >= 0.3 is 0 Å². The molecule has 1 aliphatic rings. The van der Waals surface area contributed by atoms with Crippen LogP contribution < -0.4 is 10.5 Å². The van der Waals surface area contributed by atoms with E-state index in [9.17, 15) is 0 Å². The maximum absolute atomic E-state index is 6.05. The molecule has 2 rings (SSSR count). The van der Waals surface area contributed by atoms with Crippen molar-refractivity contribution < 1.29 is 9.47 Å². The first-order chi connectivity index (χ1) is 9.47. The third kappa shape index (κ3) is 2.82. The van der Waals surface area contributed by atoms with Crippen LogP contribution in [0.2, 0.25) is 0 Å². The van der Waals surface area contributed by atoms with Gasteiger partial charge in [0.15, 0.2) is 0 Å². The summed E-state index contributed by atoms with van der Waals surface area (Å²) in [4.78, 5) is 2.38. The largest absolute Gasteiger partial charge is 0.481 e. The molecule has 0 aliphatic carbocycles. The summed E-state index contributed by atoms with van der Waals surface area (Å²) in [5, 5.41) is 4.46. The van der Waals surface area contributed by atoms with E-state index in [-0.39, 0.29) is 18.2 Å². The summed E-state index contributed by atoms with van der Waals surface area (Å²) in [5.74, 6) is 0.796. The Morgan fingerprint density at radius 3 is 2.50 bits per heavy atom. The summed E-state index contributed by atoms with van der Waals surface area (Å²) in [6.45, 7) is 8.51. The van der Waals surface area contributed by atoms with Crippen LogP contribution in [0.3, 0.4) is 0 Å². The van der Waals surface area contributed by atoms with Gasteiger partial charge in [0.05, 0.1) is 36.6 Å². The molecule has 0 aromatic carbocycles. The first-order valence-corrected chi connectivity index (χ1v) is 7.15. The van der Waals surface area contributed by atoms with Crippen LogP contribution in [0, 0.1) is 6.92 Å². The van der Waals surface area contributed by atoms with Gasteiger partial charge in [-0.2, -0.15) is 5.10 Å². The van der Waals surface area contributed by atoms with Gasteiger partial charge < -0.3 is 15.2 Å². The van der Waals surface area contributed by atoms with Crippen LogP contribution in [-0.2, 0) is 11.8 Å². The summed E-state index contributed by atoms with van der Waals surface area (Å²) in [6.07, 6.45) is 0.437. The Morgan fingerprint density at radius 2 is 2.00 bits per heavy atom. The molecule has 0 saturated carbocycles. The van der Waals surface area contributed by atoms with Gasteiger partial charge in [0.25, 0.3) is 0 Å². The van der Waals surface area contributed by atoms with E-state index < -0.39 is 0 Å². The normalized spacial score (nSPS) is 25.7. The maximum Gasteiger partial charge on any atom is 0.216 e. The number of aryl methyl sites for hydroxylation is 2. The molecule has 20 heavy (non-hydrogen) atoms. The Hall–Kier alpha value is -1.11. The summed E-state index contributed by atoms with van der Waals surface area (Å²) < 4.78 is 13.1. The van der Waals surface area contributed by atoms with Crippen molar-refractivity contribution in [3.63, 3.8) is 0 Å². The Labute approximate surface area is 120 Å². The summed E-state index contributed by atoms with van der Waals surface area (Å²) >= 11 is 0. The van der Waals surface area contributed by atoms with Crippen LogP contribution in [0.25, 0.3) is 0 Å². The number of ether oxygens (including phenoxy) is 2. The van der Waals surface area contributed by atoms with E-state index in [1.807, 2.05) is 14.0 Å². The van der Waals surface area contributed by atoms with E-state index in [2.05, 4.69) is 23.8 Å². The third-order valence-corrected chi connectivity index (χ3v) is 3.85. The van der Waals surface area contributed by atoms with Crippen LogP contribution in [0.15, 0.2) is 0 Å². The molecule has 1 aromatic heterocycles. The predicted octanol–water partition coefficient (Wildman–Crippen LogP) is 0.846. The van der Waals surface area contributed by atoms with E-state index >= 15 is 0 Å². The molecule has 0 amide bonds. The van der Waals surface area contributed by atoms with Gasteiger partial charge in [-0.1, -0.05) is 0 Å². The number of hydrogen-bond donors (Lipinski definition) is 1. The fourth-order valence-electron chi connectivity index (χ4n) is 3.20. The zero-order chi connectivity index (χ0) is 14.9. The Kier molecular flexibility index (Phi) is 4.67. The number of nitrogens with zero attached hydrogens (tertiary/aromatic N) is 3. The molecule has 1 saturated heterocycles. The standard InChI is InChI=1S/C14H26N4O2/c1-9-7-18(8-10(2)20-9)12(6-15)13-11(3)16-17(4)14(13)19-5/h9-10,12H,6-8,15H2,1-5H3/t9-,10+,12?. The van der Waals surface area contributed by atoms with Crippen LogP contribution >= 0.6 is 0 Å². The zero-order valence-electron chi connectivity index (χ0n) is 13.1. The second-order valence-corrected chi connectivity index (χ2v) is 5.59. The number of methoxy groups -OCH3 is 1. The summed E-state index contributed by atoms with van der Waals surface area (Å²) in [5.41, 5.74) is 8.13. The Bertz CT molecular complexity index is 450. The molecule has 1 fully saturated rings. The van der Waals surface area contributed by atoms with Gasteiger partial charge in [-0.25, -0.2) is 4.68 Å². The molecule has 2 heterocycles. The quantitative estimate of drug-likeness (QED) is 0.887. The molecule has 0 radical (unpaired) electrons. The third-order valence-electron chi connectivity index (χ3n) is 3.85. The lowest BCUT2D eigenvalue weighted by atomic mass is 10.0. The van der Waals surface area contributed by atoms with Gasteiger partial charge in [-0.05, 0) is 20.8 Å². The number of aromatic nitrogens is 2. The second kappa shape index (κ2) is 6.11. The Morgan fingerprint density at radius 1 is 1.40 bits per heavy atom. The van der Waals surface area contributed by atoms with Crippen molar-refractivity contribution in [2.24, 2.45) is 12.8 Å². The molecule has 114 valence electrons. The average molecular weight is 282 g/mol. The highest BCUT2D eigenvalue weighted by atomic mass is 16.5. The van der Waals surface area contributed by atoms with E-state index in [0.717, 1.165) is 30.2 Å². The second-order valence-electron chi connectivity index (χ2n) is 5.59. The minimum Gasteiger partial charge on any atom is -0.481 e. The highest BCUT2D eigenvalue weighted by Crippen LogP contribution is 2.32. The lowest BCUT2D eigenvalue weighted by Gasteiger charge is -2.39. The number of morpholine rings is 1. The molecule has 1 aromatic rings. The van der Waals surface area contributed by atoms with Gasteiger partial charge in [0.1, 0.15) is 0 Å². The number of nitrogens with two attached hydrogens (primary N) is 1. The molecular weight excluding hydrogens is 256 g/mol. The number of rotatable bonds is 4. The fraction of sp³-hybridized carbons (Fsp3) is 0.786. The molecule has 3 atom stereocenters. The smallest absolute Gasteiger partial charge is 0.216 e. The van der Waals surface area contributed by atoms with Crippen molar-refractivity contribution in [2.75, 3.05) is 26.7 Å². The van der Waals surface area contributed by atoms with Crippen molar-refractivity contribution >= 4 is 0 Å². The highest BCUT2D eigenvalue weighted by Gasteiger charge is 2.32. The lowest BCUT2D eigenvalue weighted by molar-refractivity contribution is -0.0801. The first kappa shape index (κ1) is 15.3. The van der Waals surface area contributed by atoms with Crippen molar-refractivity contribution in [1.82, 2.24) is 14.7 Å². The SMILES string of the molecule is COc1c(C(CN)N2C[C@@H](C)O[C@@H](C)C2)c(C)nn1C. The summed E-state index contributed by atoms with van der Waals surface area (Å²) in [6, 6.07) is 0.118. The van der Waals surface area contributed by atoms with Gasteiger partial charge in [0.2, 0.25) is 5.88 Å². The summed E-state index contributed by atoms with van der Waals surface area (Å²) in [7, 11) is 3.57. The monoisotopic (exact) mass is 282 g/mol. The van der Waals surface area contributed by atoms with Gasteiger partial charge in [-0.3, -0.25) is 4.90 Å². The van der Waals surface area contributed by atoms with Crippen LogP contribution in [-0.4, -0.2) is 53.6 Å². The Balaban J connectivity index is 2.32. The highest BCUT2D eigenvalue weighted by molar-refractivity contribution is 5.34. The van der Waals surface area contributed by atoms with E-state index in [0.29, 0.717) is 6.54 Å². The van der Waals surface area contributed by atoms with E-state index in [4.69, 9.17) is 15.2 Å². The fourth-order valence-corrected chi connectivity index (χ4v) is 3.20. The van der Waals surface area contributed by atoms with Crippen molar-refractivity contribution in [3.8, 4) is 5.88 Å². The predicted molar refractivity (Wildman–Crippen MR) is 77.9 cm³/mol. The van der Waals surface area contributed by atoms with Crippen LogP contribution in [0.4, 0.5) is 0 Å². The van der Waals surface area contributed by atoms with Crippen LogP contribution in [0.5, 0.6) is 5.88 Å². The van der Waals surface area contributed by atoms with E-state index in [1.54, 1.807) is 11.8 Å². The van der Waals surface area contributed by atoms with E-state index in [1.165, 1.54) is 0 Å². The molecular formula is C14H26N4O2. The van der Waals surface area contributed by atoms with Crippen molar-refractivity contribution in [1.29, 1.82) is 0 Å². The molecule has 6 heteroatoms. The molecule has 2 N–H and O–H groups in total. The molecule has 1 aliphatic heterocycles. The number of hydrogen-bond acceptors (Lipinski definition) is 5. The van der Waals surface area contributed by atoms with Crippen LogP contribution in [0.1, 0.15) is 31.1 Å². The minimum absolute atomic E-state index is 0.118. The van der Waals surface area contributed by atoms with Crippen molar-refractivity contribution in [3.05, 3.63) is 11.3 Å². The topological polar surface area (TPSA) is 65.5 Å². The molecule has 1 unspecified atom stereocenters. The maximum atomic E-state index is 6.05. The lowest BCUT2D eigenvalue weighted by Crippen LogP contribution is -2.48. The van der Waals surface area contributed by atoms with Crippen molar-refractivity contribution in [2.45, 2.75) is 39.0 Å². The first-order valence-electron chi connectivity index (χ1n) is 7.15. The average Bonchev–Trinajstić information content (AvgIpc) is 2.64. The minimum atomic E-state index is 0.118. The van der Waals surface area contributed by atoms with Gasteiger partial charge in [0, 0.05) is 26.7 Å². The molecule has 6 nitrogen and oxygen atoms in total.